The maximum absolute atomic E-state index is 6.11. The normalized spacial score (nSPS) is 18.4. The Morgan fingerprint density at radius 1 is 0.920 bits per heavy atom. The second-order valence-electron chi connectivity index (χ2n) is 7.27. The zero-order valence-corrected chi connectivity index (χ0v) is 16.4. The van der Waals surface area contributed by atoms with E-state index in [0.29, 0.717) is 0 Å². The number of hydrogen-bond acceptors (Lipinski definition) is 4. The molecule has 0 aromatic heterocycles. The standard InChI is InChI=1S/C20H25BO3S/c1-19(2)20(3,4)24-21(23-19)16-12-10-15(11-13-16)14-25-18-9-7-6-8-17(18)22-5/h6-13H,14H2,1-5H3. The van der Waals surface area contributed by atoms with Gasteiger partial charge in [0, 0.05) is 10.6 Å². The fourth-order valence-electron chi connectivity index (χ4n) is 2.65. The van der Waals surface area contributed by atoms with Gasteiger partial charge in [-0.25, -0.2) is 0 Å². The Kier molecular flexibility index (Phi) is 5.19. The third-order valence-corrected chi connectivity index (χ3v) is 6.09. The van der Waals surface area contributed by atoms with Gasteiger partial charge in [0.15, 0.2) is 0 Å². The van der Waals surface area contributed by atoms with Crippen LogP contribution in [0.25, 0.3) is 0 Å². The SMILES string of the molecule is COc1ccccc1SCc1ccc(B2OC(C)(C)C(C)(C)O2)cc1. The predicted octanol–water partition coefficient (Wildman–Crippen LogP) is 4.29. The number of thioether (sulfide) groups is 1. The molecule has 0 spiro atoms. The van der Waals surface area contributed by atoms with Crippen LogP contribution in [0.4, 0.5) is 0 Å². The molecule has 1 heterocycles. The Balaban J connectivity index is 1.65. The first-order valence-electron chi connectivity index (χ1n) is 8.53. The second kappa shape index (κ2) is 7.06. The van der Waals surface area contributed by atoms with E-state index in [4.69, 9.17) is 14.0 Å². The smallest absolute Gasteiger partial charge is 0.494 e. The van der Waals surface area contributed by atoms with Crippen LogP contribution in [0.15, 0.2) is 53.4 Å². The number of ether oxygens (including phenoxy) is 1. The molecule has 0 unspecified atom stereocenters. The van der Waals surface area contributed by atoms with E-state index in [1.165, 1.54) is 5.56 Å². The van der Waals surface area contributed by atoms with Crippen LogP contribution in [0, 0.1) is 0 Å². The maximum Gasteiger partial charge on any atom is 0.494 e. The van der Waals surface area contributed by atoms with Crippen LogP contribution >= 0.6 is 11.8 Å². The molecule has 0 saturated carbocycles. The first-order valence-corrected chi connectivity index (χ1v) is 9.51. The van der Waals surface area contributed by atoms with Crippen molar-refractivity contribution in [3.8, 4) is 5.75 Å². The van der Waals surface area contributed by atoms with Crippen LogP contribution in [0.2, 0.25) is 0 Å². The van der Waals surface area contributed by atoms with Crippen molar-refractivity contribution < 1.29 is 14.0 Å². The first kappa shape index (κ1) is 18.4. The van der Waals surface area contributed by atoms with Crippen molar-refractivity contribution in [2.75, 3.05) is 7.11 Å². The summed E-state index contributed by atoms with van der Waals surface area (Å²) in [5, 5.41) is 0. The highest BCUT2D eigenvalue weighted by Gasteiger charge is 2.51. The fraction of sp³-hybridized carbons (Fsp3) is 0.400. The molecule has 0 aliphatic carbocycles. The minimum Gasteiger partial charge on any atom is -0.496 e. The van der Waals surface area contributed by atoms with Crippen molar-refractivity contribution in [1.29, 1.82) is 0 Å². The van der Waals surface area contributed by atoms with E-state index in [2.05, 4.69) is 58.0 Å². The minimum atomic E-state index is -0.309. The molecule has 0 bridgehead atoms. The van der Waals surface area contributed by atoms with Gasteiger partial charge in [0.2, 0.25) is 0 Å². The summed E-state index contributed by atoms with van der Waals surface area (Å²) < 4.78 is 17.6. The van der Waals surface area contributed by atoms with Crippen molar-refractivity contribution >= 4 is 24.3 Å². The summed E-state index contributed by atoms with van der Waals surface area (Å²) >= 11 is 1.77. The van der Waals surface area contributed by atoms with Gasteiger partial charge in [-0.2, -0.15) is 0 Å². The maximum atomic E-state index is 6.11. The Bertz CT molecular complexity index is 712. The molecule has 0 radical (unpaired) electrons. The lowest BCUT2D eigenvalue weighted by Crippen LogP contribution is -2.41. The van der Waals surface area contributed by atoms with Crippen LogP contribution < -0.4 is 10.2 Å². The van der Waals surface area contributed by atoms with Crippen LogP contribution in [-0.2, 0) is 15.1 Å². The topological polar surface area (TPSA) is 27.7 Å². The number of methoxy groups -OCH3 is 1. The molecule has 3 rings (SSSR count). The molecule has 1 aliphatic heterocycles. The molecule has 3 nitrogen and oxygen atoms in total. The average molecular weight is 356 g/mol. The summed E-state index contributed by atoms with van der Waals surface area (Å²) in [6, 6.07) is 16.6. The van der Waals surface area contributed by atoms with E-state index in [0.717, 1.165) is 21.9 Å². The van der Waals surface area contributed by atoms with Gasteiger partial charge in [-0.15, -0.1) is 11.8 Å². The molecule has 2 aromatic carbocycles. The van der Waals surface area contributed by atoms with E-state index in [9.17, 15) is 0 Å². The number of benzene rings is 2. The van der Waals surface area contributed by atoms with Crippen molar-refractivity contribution in [3.63, 3.8) is 0 Å². The van der Waals surface area contributed by atoms with Crippen molar-refractivity contribution in [2.24, 2.45) is 0 Å². The Labute approximate surface area is 155 Å². The summed E-state index contributed by atoms with van der Waals surface area (Å²) in [6.45, 7) is 8.30. The van der Waals surface area contributed by atoms with Gasteiger partial charge in [0.25, 0.3) is 0 Å². The van der Waals surface area contributed by atoms with Gasteiger partial charge < -0.3 is 14.0 Å². The molecule has 0 atom stereocenters. The molecule has 132 valence electrons. The lowest BCUT2D eigenvalue weighted by molar-refractivity contribution is 0.00578. The van der Waals surface area contributed by atoms with Crippen molar-refractivity contribution in [3.05, 3.63) is 54.1 Å². The largest absolute Gasteiger partial charge is 0.496 e. The molecule has 5 heteroatoms. The minimum absolute atomic E-state index is 0.305. The summed E-state index contributed by atoms with van der Waals surface area (Å²) in [5.74, 6) is 1.81. The van der Waals surface area contributed by atoms with Gasteiger partial charge in [-0.05, 0) is 50.9 Å². The van der Waals surface area contributed by atoms with E-state index in [1.807, 2.05) is 18.2 Å². The molecule has 1 saturated heterocycles. The summed E-state index contributed by atoms with van der Waals surface area (Å²) in [6.07, 6.45) is 0. The number of para-hydroxylation sites is 1. The quantitative estimate of drug-likeness (QED) is 0.590. The molecule has 0 N–H and O–H groups in total. The van der Waals surface area contributed by atoms with E-state index in [1.54, 1.807) is 18.9 Å². The summed E-state index contributed by atoms with van der Waals surface area (Å²) in [5.41, 5.74) is 1.70. The third-order valence-electron chi connectivity index (χ3n) is 4.97. The van der Waals surface area contributed by atoms with Gasteiger partial charge >= 0.3 is 7.12 Å². The lowest BCUT2D eigenvalue weighted by atomic mass is 9.79. The number of rotatable bonds is 5. The van der Waals surface area contributed by atoms with Gasteiger partial charge in [-0.3, -0.25) is 0 Å². The summed E-state index contributed by atoms with van der Waals surface area (Å²) in [4.78, 5) is 1.15. The monoisotopic (exact) mass is 356 g/mol. The van der Waals surface area contributed by atoms with Gasteiger partial charge in [-0.1, -0.05) is 36.4 Å². The van der Waals surface area contributed by atoms with E-state index in [-0.39, 0.29) is 18.3 Å². The predicted molar refractivity (Wildman–Crippen MR) is 105 cm³/mol. The third kappa shape index (κ3) is 3.89. The van der Waals surface area contributed by atoms with E-state index >= 15 is 0 Å². The molecule has 0 amide bonds. The second-order valence-corrected chi connectivity index (χ2v) is 8.29. The van der Waals surface area contributed by atoms with Crippen LogP contribution in [0.1, 0.15) is 33.3 Å². The van der Waals surface area contributed by atoms with E-state index < -0.39 is 0 Å². The molecular weight excluding hydrogens is 331 g/mol. The number of hydrogen-bond donors (Lipinski definition) is 0. The Morgan fingerprint density at radius 2 is 1.52 bits per heavy atom. The summed E-state index contributed by atoms with van der Waals surface area (Å²) in [7, 11) is 1.40. The van der Waals surface area contributed by atoms with Crippen LogP contribution in [0.3, 0.4) is 0 Å². The average Bonchev–Trinajstić information content (AvgIpc) is 2.81. The van der Waals surface area contributed by atoms with Crippen molar-refractivity contribution in [2.45, 2.75) is 49.5 Å². The zero-order chi connectivity index (χ0) is 18.1. The van der Waals surface area contributed by atoms with Gasteiger partial charge in [0.05, 0.1) is 18.3 Å². The molecule has 25 heavy (non-hydrogen) atoms. The highest BCUT2D eigenvalue weighted by molar-refractivity contribution is 7.98. The molecule has 1 fully saturated rings. The molecule has 2 aromatic rings. The molecular formula is C20H25BO3S. The van der Waals surface area contributed by atoms with Crippen LogP contribution in [-0.4, -0.2) is 25.4 Å². The highest BCUT2D eigenvalue weighted by atomic mass is 32.2. The zero-order valence-electron chi connectivity index (χ0n) is 15.5. The van der Waals surface area contributed by atoms with Crippen LogP contribution in [0.5, 0.6) is 5.75 Å². The molecule has 1 aliphatic rings. The Hall–Kier alpha value is -1.43. The van der Waals surface area contributed by atoms with Crippen molar-refractivity contribution in [1.82, 2.24) is 0 Å². The first-order chi connectivity index (χ1) is 11.8. The fourth-order valence-corrected chi connectivity index (χ4v) is 3.63. The van der Waals surface area contributed by atoms with Gasteiger partial charge in [0.1, 0.15) is 5.75 Å². The highest BCUT2D eigenvalue weighted by Crippen LogP contribution is 2.36. The Morgan fingerprint density at radius 3 is 2.12 bits per heavy atom. The lowest BCUT2D eigenvalue weighted by Gasteiger charge is -2.32.